The second-order valence-corrected chi connectivity index (χ2v) is 36.8. The number of hydrogen-bond acceptors (Lipinski definition) is 0. The van der Waals surface area contributed by atoms with Crippen molar-refractivity contribution in [1.29, 1.82) is 0 Å². The van der Waals surface area contributed by atoms with Crippen LogP contribution in [0.25, 0.3) is 167 Å². The summed E-state index contributed by atoms with van der Waals surface area (Å²) in [5.41, 5.74) is 57.5. The maximum absolute atomic E-state index is 2.31. The maximum atomic E-state index is 2.31. The minimum absolute atomic E-state index is 1.25. The average molecular weight is 1740 g/mol. The molecular weight excluding hydrogens is 1620 g/mol. The molecular formula is C135H120. The highest BCUT2D eigenvalue weighted by Gasteiger charge is 2.18. The zero-order chi connectivity index (χ0) is 94.0. The molecule has 0 bridgehead atoms. The summed E-state index contributed by atoms with van der Waals surface area (Å²) in [4.78, 5) is 0. The van der Waals surface area contributed by atoms with Crippen LogP contribution in [0.3, 0.4) is 0 Å². The Morgan fingerprint density at radius 3 is 0.644 bits per heavy atom. The van der Waals surface area contributed by atoms with Crippen molar-refractivity contribution in [3.63, 3.8) is 0 Å². The lowest BCUT2D eigenvalue weighted by molar-refractivity contribution is 1.38. The SMILES string of the molecule is Cc1ccc(-c2ccc(-c3cc(-c4ccc(C)cc4)ccc3C)cc2)cc1.Cc1ccc(-c2ccc(-c3cccc(-c4cc(C)cc(C)c4)c3)cc2)cc1.Cc1ccc(-c2ccc(C)cc2-c2ccc(-c3cccc(C)c3)cc2)cc1.Cc1ccc(-c2ccccc2-c2ccccc2-c2cc(C)cc(C)c2)cc1.Cc1cccc(-c2ccccc2-c2ccccc2-c2cc(C)cc(C)c2)c1. The van der Waals surface area contributed by atoms with Crippen LogP contribution in [0.4, 0.5) is 0 Å². The molecule has 135 heavy (non-hydrogen) atoms. The number of rotatable bonds is 15. The van der Waals surface area contributed by atoms with E-state index in [9.17, 15) is 0 Å². The molecule has 0 heterocycles. The minimum Gasteiger partial charge on any atom is -0.0616 e. The first-order valence-corrected chi connectivity index (χ1v) is 47.3. The van der Waals surface area contributed by atoms with Crippen molar-refractivity contribution in [3.8, 4) is 167 Å². The van der Waals surface area contributed by atoms with Crippen LogP contribution in [-0.4, -0.2) is 0 Å². The topological polar surface area (TPSA) is 0 Å². The third-order valence-corrected chi connectivity index (χ3v) is 25.4. The quantitative estimate of drug-likeness (QED) is 0.0960. The molecule has 20 aromatic rings. The molecule has 0 fully saturated rings. The molecule has 0 heteroatoms. The maximum Gasteiger partial charge on any atom is -0.00992 e. The van der Waals surface area contributed by atoms with E-state index in [1.165, 1.54) is 250 Å². The highest BCUT2D eigenvalue weighted by Crippen LogP contribution is 2.43. The Balaban J connectivity index is 0.000000123. The van der Waals surface area contributed by atoms with Crippen molar-refractivity contribution in [2.24, 2.45) is 0 Å². The third kappa shape index (κ3) is 23.7. The average Bonchev–Trinajstić information content (AvgIpc) is 0.776. The molecule has 0 amide bonds. The van der Waals surface area contributed by atoms with Crippen LogP contribution in [0.5, 0.6) is 0 Å². The second-order valence-electron chi connectivity index (χ2n) is 36.8. The molecule has 0 aliphatic rings. The first-order valence-electron chi connectivity index (χ1n) is 47.3. The van der Waals surface area contributed by atoms with Crippen LogP contribution in [0.15, 0.2) is 455 Å². The summed E-state index contributed by atoms with van der Waals surface area (Å²) >= 11 is 0. The van der Waals surface area contributed by atoms with E-state index < -0.39 is 0 Å². The normalized spacial score (nSPS) is 10.8. The summed E-state index contributed by atoms with van der Waals surface area (Å²) < 4.78 is 0. The molecule has 0 atom stereocenters. The van der Waals surface area contributed by atoms with Crippen molar-refractivity contribution in [1.82, 2.24) is 0 Å². The van der Waals surface area contributed by atoms with Crippen molar-refractivity contribution >= 4 is 0 Å². The van der Waals surface area contributed by atoms with Crippen LogP contribution in [0.2, 0.25) is 0 Å². The lowest BCUT2D eigenvalue weighted by Crippen LogP contribution is -1.90. The molecule has 0 radical (unpaired) electrons. The first-order chi connectivity index (χ1) is 65.5. The van der Waals surface area contributed by atoms with Gasteiger partial charge in [-0.05, 0) is 288 Å². The lowest BCUT2D eigenvalue weighted by atomic mass is 9.88. The van der Waals surface area contributed by atoms with E-state index in [0.29, 0.717) is 0 Å². The van der Waals surface area contributed by atoms with E-state index in [2.05, 4.69) is 559 Å². The van der Waals surface area contributed by atoms with Crippen molar-refractivity contribution in [2.45, 2.75) is 104 Å². The molecule has 0 spiro atoms. The van der Waals surface area contributed by atoms with Crippen LogP contribution in [-0.2, 0) is 0 Å². The molecule has 0 aliphatic carbocycles. The van der Waals surface area contributed by atoms with Gasteiger partial charge in [-0.1, -0.05) is 521 Å². The highest BCUT2D eigenvalue weighted by atomic mass is 14.2. The molecule has 0 unspecified atom stereocenters. The molecule has 660 valence electrons. The number of hydrogen-bond donors (Lipinski definition) is 0. The molecule has 0 nitrogen and oxygen atoms in total. The monoisotopic (exact) mass is 1740 g/mol. The zero-order valence-corrected chi connectivity index (χ0v) is 80.8. The zero-order valence-electron chi connectivity index (χ0n) is 80.8. The van der Waals surface area contributed by atoms with E-state index in [-0.39, 0.29) is 0 Å². The molecule has 20 rings (SSSR count). The Labute approximate surface area is 803 Å². The van der Waals surface area contributed by atoms with Crippen molar-refractivity contribution < 1.29 is 0 Å². The Bertz CT molecular complexity index is 7400. The van der Waals surface area contributed by atoms with Gasteiger partial charge in [0.05, 0.1) is 0 Å². The fourth-order valence-electron chi connectivity index (χ4n) is 18.3. The summed E-state index contributed by atoms with van der Waals surface area (Å²) in [7, 11) is 0. The first kappa shape index (κ1) is 92.7. The molecule has 0 N–H and O–H groups in total. The van der Waals surface area contributed by atoms with Gasteiger partial charge in [-0.3, -0.25) is 0 Å². The fraction of sp³-hybridized carbons (Fsp3) is 0.111. The Morgan fingerprint density at radius 2 is 0.289 bits per heavy atom. The summed E-state index contributed by atoms with van der Waals surface area (Å²) in [6, 6.07) is 165. The second kappa shape index (κ2) is 43.2. The highest BCUT2D eigenvalue weighted by molar-refractivity contribution is 5.94. The van der Waals surface area contributed by atoms with E-state index in [1.54, 1.807) is 0 Å². The van der Waals surface area contributed by atoms with Crippen molar-refractivity contribution in [3.05, 3.63) is 538 Å². The van der Waals surface area contributed by atoms with Gasteiger partial charge in [-0.2, -0.15) is 0 Å². The molecule has 20 aromatic carbocycles. The standard InChI is InChI=1S/5C27H24/c1-19-4-9-22(10-5-19)23-14-16-25(17-15-23)27-18-26(13-8-21(27)3)24-11-6-20(2)7-12-24;1-19-9-8-10-22(16-19)24-11-4-6-13-26(24)27-14-7-5-12-25(27)23-17-20(2)15-21(3)18-23;1-19-12-14-22(15-13-19)24-8-4-6-10-26(24)27-11-7-5-9-25(27)23-17-20(2)16-21(3)18-23;1-19-7-10-23(11-8-19)26-16-9-21(3)18-27(26)24-14-12-22(13-15-24)25-6-4-5-20(2)17-25;1-19-7-9-22(10-8-19)23-11-13-24(14-12-23)25-5-4-6-26(18-25)27-16-20(2)15-21(3)17-27/h5*4-18H,1-3H3. The largest absolute Gasteiger partial charge is 0.0616 e. The van der Waals surface area contributed by atoms with Crippen LogP contribution < -0.4 is 0 Å². The van der Waals surface area contributed by atoms with Crippen LogP contribution >= 0.6 is 0 Å². The molecule has 0 saturated heterocycles. The summed E-state index contributed by atoms with van der Waals surface area (Å²) in [5.74, 6) is 0. The Morgan fingerprint density at radius 1 is 0.0815 bits per heavy atom. The predicted molar refractivity (Wildman–Crippen MR) is 585 cm³/mol. The van der Waals surface area contributed by atoms with Gasteiger partial charge in [0.25, 0.3) is 0 Å². The van der Waals surface area contributed by atoms with Crippen LogP contribution in [0, 0.1) is 104 Å². The van der Waals surface area contributed by atoms with Crippen molar-refractivity contribution in [2.75, 3.05) is 0 Å². The van der Waals surface area contributed by atoms with Gasteiger partial charge >= 0.3 is 0 Å². The molecule has 0 saturated carbocycles. The third-order valence-electron chi connectivity index (χ3n) is 25.4. The van der Waals surface area contributed by atoms with Crippen LogP contribution in [0.1, 0.15) is 83.5 Å². The minimum atomic E-state index is 1.25. The van der Waals surface area contributed by atoms with E-state index in [4.69, 9.17) is 0 Å². The summed E-state index contributed by atoms with van der Waals surface area (Å²) in [6.45, 7) is 32.2. The summed E-state index contributed by atoms with van der Waals surface area (Å²) in [6.07, 6.45) is 0. The van der Waals surface area contributed by atoms with Gasteiger partial charge < -0.3 is 0 Å². The predicted octanol–water partition coefficient (Wildman–Crippen LogP) is 38.1. The lowest BCUT2D eigenvalue weighted by Gasteiger charge is -2.15. The molecule has 0 aromatic heterocycles. The number of benzene rings is 20. The van der Waals surface area contributed by atoms with E-state index in [0.717, 1.165) is 0 Å². The van der Waals surface area contributed by atoms with E-state index in [1.807, 2.05) is 0 Å². The van der Waals surface area contributed by atoms with Gasteiger partial charge in [-0.25, -0.2) is 0 Å². The van der Waals surface area contributed by atoms with Gasteiger partial charge in [0.15, 0.2) is 0 Å². The fourth-order valence-corrected chi connectivity index (χ4v) is 18.3. The summed E-state index contributed by atoms with van der Waals surface area (Å²) in [5, 5.41) is 0. The molecule has 0 aliphatic heterocycles. The smallest absolute Gasteiger partial charge is 0.00992 e. The number of aryl methyl sites for hydroxylation is 15. The van der Waals surface area contributed by atoms with Gasteiger partial charge in [0.2, 0.25) is 0 Å². The Hall–Kier alpha value is -15.6. The Kier molecular flexibility index (Phi) is 29.6. The van der Waals surface area contributed by atoms with Gasteiger partial charge in [-0.15, -0.1) is 0 Å². The van der Waals surface area contributed by atoms with Gasteiger partial charge in [0, 0.05) is 0 Å². The van der Waals surface area contributed by atoms with Gasteiger partial charge in [0.1, 0.15) is 0 Å². The van der Waals surface area contributed by atoms with E-state index >= 15 is 0 Å².